The topological polar surface area (TPSA) is 80.6 Å². The van der Waals surface area contributed by atoms with Crippen molar-refractivity contribution in [1.82, 2.24) is 24.4 Å². The van der Waals surface area contributed by atoms with Gasteiger partial charge in [-0.15, -0.1) is 0 Å². The molecule has 12 heteroatoms. The Bertz CT molecular complexity index is 1280. The molecule has 4 heterocycles. The van der Waals surface area contributed by atoms with E-state index >= 15 is 0 Å². The number of nitrogens with zero attached hydrogens (tertiary/aromatic N) is 6. The van der Waals surface area contributed by atoms with Crippen molar-refractivity contribution in [3.8, 4) is 5.82 Å². The molecule has 1 aliphatic carbocycles. The van der Waals surface area contributed by atoms with Crippen LogP contribution in [0.1, 0.15) is 37.9 Å². The third kappa shape index (κ3) is 5.75. The number of imidazole rings is 1. The Morgan fingerprint density at radius 2 is 1.68 bits per heavy atom. The summed E-state index contributed by atoms with van der Waals surface area (Å²) >= 11 is 0. The van der Waals surface area contributed by atoms with Gasteiger partial charge in [0.15, 0.2) is 5.82 Å². The standard InChI is InChI=1S/C28H36F3N7O2/c29-16-21-18-40-14-11-37(21)20-7-5-19(6-8-20)17-32-28-34-24(36-9-12-39-13-10-36)15-25(35-28)38-23-4-2-1-3-22(23)33-27(38)26(30)31/h1-4,15,19-21,26H,5-14,16-18H2,(H,32,34,35)/t19-,20-,21-/m1/s1. The molecule has 3 aromatic rings. The largest absolute Gasteiger partial charge is 0.378 e. The molecule has 0 spiro atoms. The molecular weight excluding hydrogens is 523 g/mol. The molecule has 3 aliphatic rings. The molecule has 1 atom stereocenters. The first-order valence-corrected chi connectivity index (χ1v) is 14.2. The molecule has 40 heavy (non-hydrogen) atoms. The first-order valence-electron chi connectivity index (χ1n) is 14.2. The Labute approximate surface area is 231 Å². The maximum absolute atomic E-state index is 14.1. The van der Waals surface area contributed by atoms with Crippen LogP contribution in [0.4, 0.5) is 24.9 Å². The van der Waals surface area contributed by atoms with Crippen LogP contribution in [0.3, 0.4) is 0 Å². The summed E-state index contributed by atoms with van der Waals surface area (Å²) in [6.45, 7) is 4.70. The third-order valence-corrected chi connectivity index (χ3v) is 8.33. The van der Waals surface area contributed by atoms with Crippen LogP contribution < -0.4 is 10.2 Å². The van der Waals surface area contributed by atoms with E-state index in [0.29, 0.717) is 86.6 Å². The molecule has 2 aliphatic heterocycles. The lowest BCUT2D eigenvalue weighted by Crippen LogP contribution is -2.52. The number of hydrogen-bond acceptors (Lipinski definition) is 8. The van der Waals surface area contributed by atoms with E-state index in [0.717, 1.165) is 32.2 Å². The molecule has 0 unspecified atom stereocenters. The average molecular weight is 560 g/mol. The van der Waals surface area contributed by atoms with Crippen LogP contribution >= 0.6 is 0 Å². The van der Waals surface area contributed by atoms with Crippen LogP contribution in [-0.2, 0) is 9.47 Å². The fraction of sp³-hybridized carbons (Fsp3) is 0.607. The Balaban J connectivity index is 1.22. The first-order chi connectivity index (χ1) is 19.6. The van der Waals surface area contributed by atoms with Gasteiger partial charge in [-0.2, -0.15) is 9.97 Å². The van der Waals surface area contributed by atoms with Gasteiger partial charge in [-0.3, -0.25) is 9.47 Å². The second-order valence-corrected chi connectivity index (χ2v) is 10.8. The van der Waals surface area contributed by atoms with Crippen molar-refractivity contribution in [1.29, 1.82) is 0 Å². The number of ether oxygens (including phenoxy) is 2. The Morgan fingerprint density at radius 1 is 0.925 bits per heavy atom. The van der Waals surface area contributed by atoms with E-state index in [1.807, 2.05) is 6.07 Å². The zero-order valence-electron chi connectivity index (χ0n) is 22.5. The summed E-state index contributed by atoms with van der Waals surface area (Å²) in [6, 6.07) is 9.10. The second-order valence-electron chi connectivity index (χ2n) is 10.8. The monoisotopic (exact) mass is 559 g/mol. The lowest BCUT2D eigenvalue weighted by atomic mass is 9.84. The summed E-state index contributed by atoms with van der Waals surface area (Å²) in [5.74, 6) is 1.51. The van der Waals surface area contributed by atoms with Crippen molar-refractivity contribution >= 4 is 22.8 Å². The van der Waals surface area contributed by atoms with Gasteiger partial charge >= 0.3 is 0 Å². The zero-order valence-corrected chi connectivity index (χ0v) is 22.5. The fourth-order valence-corrected chi connectivity index (χ4v) is 6.20. The molecule has 0 amide bonds. The van der Waals surface area contributed by atoms with E-state index < -0.39 is 6.43 Å². The van der Waals surface area contributed by atoms with Gasteiger partial charge in [0.05, 0.1) is 43.5 Å². The molecule has 0 radical (unpaired) electrons. The first kappa shape index (κ1) is 27.2. The van der Waals surface area contributed by atoms with E-state index in [1.54, 1.807) is 24.3 Å². The summed E-state index contributed by atoms with van der Waals surface area (Å²) in [5, 5.41) is 3.41. The number of morpholine rings is 2. The minimum absolute atomic E-state index is 0.138. The number of halogens is 3. The minimum atomic E-state index is -2.76. The lowest BCUT2D eigenvalue weighted by Gasteiger charge is -2.42. The highest BCUT2D eigenvalue weighted by Gasteiger charge is 2.32. The van der Waals surface area contributed by atoms with Gasteiger partial charge in [-0.1, -0.05) is 12.1 Å². The molecule has 6 rings (SSSR count). The van der Waals surface area contributed by atoms with Crippen LogP contribution in [0.2, 0.25) is 0 Å². The van der Waals surface area contributed by atoms with Crippen LogP contribution in [0.5, 0.6) is 0 Å². The number of aromatic nitrogens is 4. The van der Waals surface area contributed by atoms with E-state index in [-0.39, 0.29) is 18.5 Å². The van der Waals surface area contributed by atoms with Gasteiger partial charge in [0.2, 0.25) is 5.95 Å². The molecule has 0 bridgehead atoms. The third-order valence-electron chi connectivity index (χ3n) is 8.33. The van der Waals surface area contributed by atoms with Crippen molar-refractivity contribution < 1.29 is 22.6 Å². The highest BCUT2D eigenvalue weighted by atomic mass is 19.3. The Kier molecular flexibility index (Phi) is 8.35. The summed E-state index contributed by atoms with van der Waals surface area (Å²) in [7, 11) is 0. The van der Waals surface area contributed by atoms with Crippen LogP contribution in [0.25, 0.3) is 16.9 Å². The van der Waals surface area contributed by atoms with E-state index in [2.05, 4.69) is 20.1 Å². The quantitative estimate of drug-likeness (QED) is 0.439. The van der Waals surface area contributed by atoms with Crippen molar-refractivity contribution in [2.75, 3.05) is 69.5 Å². The van der Waals surface area contributed by atoms with Gasteiger partial charge in [0.1, 0.15) is 18.3 Å². The van der Waals surface area contributed by atoms with Gasteiger partial charge in [0.25, 0.3) is 6.43 Å². The summed E-state index contributed by atoms with van der Waals surface area (Å²) in [5.41, 5.74) is 1.06. The van der Waals surface area contributed by atoms with Crippen LogP contribution in [0, 0.1) is 5.92 Å². The molecule has 1 aromatic carbocycles. The number of hydrogen-bond donors (Lipinski definition) is 1. The molecule has 3 fully saturated rings. The number of rotatable bonds is 8. The van der Waals surface area contributed by atoms with Crippen molar-refractivity contribution in [2.24, 2.45) is 5.92 Å². The maximum Gasteiger partial charge on any atom is 0.296 e. The molecule has 1 N–H and O–H groups in total. The Hall–Kier alpha value is -2.96. The van der Waals surface area contributed by atoms with E-state index in [9.17, 15) is 13.2 Å². The lowest BCUT2D eigenvalue weighted by molar-refractivity contribution is -0.0455. The predicted molar refractivity (Wildman–Crippen MR) is 146 cm³/mol. The van der Waals surface area contributed by atoms with Crippen molar-refractivity contribution in [3.63, 3.8) is 0 Å². The Morgan fingerprint density at radius 3 is 2.45 bits per heavy atom. The van der Waals surface area contributed by atoms with Crippen molar-refractivity contribution in [2.45, 2.75) is 44.2 Å². The van der Waals surface area contributed by atoms with Crippen LogP contribution in [0.15, 0.2) is 30.3 Å². The summed E-state index contributed by atoms with van der Waals surface area (Å²) in [6.07, 6.45) is 1.31. The molecule has 2 aromatic heterocycles. The summed E-state index contributed by atoms with van der Waals surface area (Å²) in [4.78, 5) is 18.1. The normalized spacial score (nSPS) is 24.6. The number of para-hydroxylation sites is 2. The second kappa shape index (κ2) is 12.3. The van der Waals surface area contributed by atoms with Crippen LogP contribution in [-0.4, -0.2) is 95.8 Å². The van der Waals surface area contributed by atoms with Gasteiger partial charge < -0.3 is 19.7 Å². The number of anilines is 2. The highest BCUT2D eigenvalue weighted by molar-refractivity contribution is 5.78. The fourth-order valence-electron chi connectivity index (χ4n) is 6.20. The van der Waals surface area contributed by atoms with E-state index in [4.69, 9.17) is 19.4 Å². The number of fused-ring (bicyclic) bond motifs is 1. The van der Waals surface area contributed by atoms with Crippen molar-refractivity contribution in [3.05, 3.63) is 36.2 Å². The zero-order chi connectivity index (χ0) is 27.5. The minimum Gasteiger partial charge on any atom is -0.378 e. The smallest absolute Gasteiger partial charge is 0.296 e. The molecule has 2 saturated heterocycles. The van der Waals surface area contributed by atoms with E-state index in [1.165, 1.54) is 4.57 Å². The van der Waals surface area contributed by atoms with Gasteiger partial charge in [-0.25, -0.2) is 18.2 Å². The molecular formula is C28H36F3N7O2. The van der Waals surface area contributed by atoms with Gasteiger partial charge in [0, 0.05) is 38.3 Å². The molecule has 1 saturated carbocycles. The highest BCUT2D eigenvalue weighted by Crippen LogP contribution is 2.31. The average Bonchev–Trinajstić information content (AvgIpc) is 3.41. The predicted octanol–water partition coefficient (Wildman–Crippen LogP) is 4.23. The number of benzene rings is 1. The van der Waals surface area contributed by atoms with Gasteiger partial charge in [-0.05, 0) is 43.7 Å². The maximum atomic E-state index is 14.1. The molecule has 216 valence electrons. The summed E-state index contributed by atoms with van der Waals surface area (Å²) < 4.78 is 54.2. The SMILES string of the molecule is FC[C@@H]1COCCN1[C@H]1CC[C@H](CNc2nc(N3CCOCC3)cc(-n3c(C(F)F)nc4ccccc43)n2)CC1. The molecule has 9 nitrogen and oxygen atoms in total. The number of nitrogens with one attached hydrogen (secondary N) is 1. The number of alkyl halides is 3.